The number of hydrogen-bond donors (Lipinski definition) is 2. The predicted molar refractivity (Wildman–Crippen MR) is 132 cm³/mol. The number of anilines is 1. The minimum absolute atomic E-state index is 0.217. The lowest BCUT2D eigenvalue weighted by atomic mass is 10.2. The molecule has 1 heterocycles. The fourth-order valence-corrected chi connectivity index (χ4v) is 3.47. The summed E-state index contributed by atoms with van der Waals surface area (Å²) in [6.45, 7) is 1.81. The number of amides is 1. The number of benzene rings is 3. The summed E-state index contributed by atoms with van der Waals surface area (Å²) in [5.41, 5.74) is 3.02. The minimum atomic E-state index is -0.276. The Kier molecular flexibility index (Phi) is 6.59. The van der Waals surface area contributed by atoms with E-state index in [0.717, 1.165) is 5.69 Å². The third-order valence-corrected chi connectivity index (χ3v) is 5.25. The summed E-state index contributed by atoms with van der Waals surface area (Å²) in [6, 6.07) is 21.4. The van der Waals surface area contributed by atoms with Crippen LogP contribution >= 0.6 is 0 Å². The van der Waals surface area contributed by atoms with Gasteiger partial charge in [-0.05, 0) is 31.2 Å². The van der Waals surface area contributed by atoms with Crippen molar-refractivity contribution in [3.05, 3.63) is 100.0 Å². The van der Waals surface area contributed by atoms with E-state index in [1.165, 1.54) is 25.1 Å². The van der Waals surface area contributed by atoms with Crippen LogP contribution in [0, 0.1) is 6.92 Å². The molecule has 0 radical (unpaired) electrons. The molecule has 3 aromatic carbocycles. The minimum Gasteiger partial charge on any atom is -0.494 e. The number of carbonyl (C=O) groups is 1. The van der Waals surface area contributed by atoms with Gasteiger partial charge in [-0.15, -0.1) is 0 Å². The zero-order valence-electron chi connectivity index (χ0n) is 19.0. The third kappa shape index (κ3) is 4.61. The monoisotopic (exact) mass is 456 g/mol. The van der Waals surface area contributed by atoms with E-state index in [1.54, 1.807) is 36.4 Å². The van der Waals surface area contributed by atoms with Crippen LogP contribution in [0.2, 0.25) is 0 Å². The number of rotatable bonds is 7. The van der Waals surface area contributed by atoms with Crippen molar-refractivity contribution in [1.29, 1.82) is 0 Å². The van der Waals surface area contributed by atoms with E-state index in [9.17, 15) is 9.59 Å². The number of carbonyl (C=O) groups excluding carboxylic acids is 1. The maximum absolute atomic E-state index is 12.9. The zero-order chi connectivity index (χ0) is 24.1. The van der Waals surface area contributed by atoms with Crippen molar-refractivity contribution >= 4 is 23.5 Å². The Labute approximate surface area is 196 Å². The molecule has 34 heavy (non-hydrogen) atoms. The van der Waals surface area contributed by atoms with Gasteiger partial charge in [0.05, 0.1) is 31.2 Å². The van der Waals surface area contributed by atoms with Crippen molar-refractivity contribution < 1.29 is 14.3 Å². The first kappa shape index (κ1) is 22.6. The molecular formula is C26H24N4O4. The number of para-hydroxylation sites is 1. The fourth-order valence-electron chi connectivity index (χ4n) is 3.47. The second-order valence-electron chi connectivity index (χ2n) is 7.43. The summed E-state index contributed by atoms with van der Waals surface area (Å²) in [6.07, 6.45) is 1.49. The van der Waals surface area contributed by atoms with Crippen molar-refractivity contribution in [3.63, 3.8) is 0 Å². The predicted octanol–water partition coefficient (Wildman–Crippen LogP) is 4.49. The van der Waals surface area contributed by atoms with Crippen LogP contribution in [0.3, 0.4) is 0 Å². The van der Waals surface area contributed by atoms with Crippen LogP contribution in [0.25, 0.3) is 5.69 Å². The van der Waals surface area contributed by atoms with Crippen molar-refractivity contribution in [2.75, 3.05) is 19.5 Å². The lowest BCUT2D eigenvalue weighted by Crippen LogP contribution is -2.17. The lowest BCUT2D eigenvalue weighted by Gasteiger charge is -2.14. The highest BCUT2D eigenvalue weighted by Gasteiger charge is 2.15. The Morgan fingerprint density at radius 1 is 0.971 bits per heavy atom. The molecule has 0 aliphatic carbocycles. The van der Waals surface area contributed by atoms with Crippen molar-refractivity contribution in [2.24, 2.45) is 4.99 Å². The molecule has 4 rings (SSSR count). The SMILES string of the molecule is COc1cc(NC(=O)c2ccccc2)c(OC)cc1N=Cc1c(C)[nH]n(-c2ccccc2)c1=O. The average Bonchev–Trinajstić information content (AvgIpc) is 3.16. The smallest absolute Gasteiger partial charge is 0.280 e. The number of H-pyrrole nitrogens is 1. The Balaban J connectivity index is 1.66. The van der Waals surface area contributed by atoms with Gasteiger partial charge in [0.2, 0.25) is 0 Å². The maximum atomic E-state index is 12.9. The molecule has 1 aromatic heterocycles. The summed E-state index contributed by atoms with van der Waals surface area (Å²) in [7, 11) is 3.01. The van der Waals surface area contributed by atoms with Gasteiger partial charge in [-0.3, -0.25) is 19.7 Å². The van der Waals surface area contributed by atoms with Gasteiger partial charge in [0.25, 0.3) is 11.5 Å². The number of aliphatic imine (C=N–C) groups is 1. The van der Waals surface area contributed by atoms with Gasteiger partial charge in [0.1, 0.15) is 17.2 Å². The van der Waals surface area contributed by atoms with Crippen molar-refractivity contribution in [1.82, 2.24) is 9.78 Å². The Morgan fingerprint density at radius 2 is 1.62 bits per heavy atom. The van der Waals surface area contributed by atoms with E-state index in [1.807, 2.05) is 43.3 Å². The third-order valence-electron chi connectivity index (χ3n) is 5.25. The van der Waals surface area contributed by atoms with Gasteiger partial charge >= 0.3 is 0 Å². The van der Waals surface area contributed by atoms with E-state index in [0.29, 0.717) is 39.7 Å². The summed E-state index contributed by atoms with van der Waals surface area (Å²) < 4.78 is 12.4. The maximum Gasteiger partial charge on any atom is 0.280 e. The number of nitrogens with zero attached hydrogens (tertiary/aromatic N) is 2. The molecule has 0 saturated carbocycles. The quantitative estimate of drug-likeness (QED) is 0.400. The lowest BCUT2D eigenvalue weighted by molar-refractivity contribution is 0.102. The molecule has 0 atom stereocenters. The fraction of sp³-hybridized carbons (Fsp3) is 0.115. The van der Waals surface area contributed by atoms with E-state index in [-0.39, 0.29) is 11.5 Å². The Hall–Kier alpha value is -4.59. The molecule has 172 valence electrons. The number of methoxy groups -OCH3 is 2. The molecule has 0 fully saturated rings. The molecular weight excluding hydrogens is 432 g/mol. The van der Waals surface area contributed by atoms with Crippen LogP contribution < -0.4 is 20.3 Å². The van der Waals surface area contributed by atoms with Gasteiger partial charge in [-0.1, -0.05) is 36.4 Å². The largest absolute Gasteiger partial charge is 0.494 e. The highest BCUT2D eigenvalue weighted by Crippen LogP contribution is 2.38. The summed E-state index contributed by atoms with van der Waals surface area (Å²) in [4.78, 5) is 30.0. The van der Waals surface area contributed by atoms with E-state index >= 15 is 0 Å². The number of ether oxygens (including phenoxy) is 2. The van der Waals surface area contributed by atoms with Crippen molar-refractivity contribution in [2.45, 2.75) is 6.92 Å². The van der Waals surface area contributed by atoms with Gasteiger partial charge in [-0.25, -0.2) is 4.68 Å². The number of hydrogen-bond acceptors (Lipinski definition) is 5. The first-order chi connectivity index (χ1) is 16.5. The highest BCUT2D eigenvalue weighted by atomic mass is 16.5. The van der Waals surface area contributed by atoms with Gasteiger partial charge in [0.15, 0.2) is 0 Å². The second-order valence-corrected chi connectivity index (χ2v) is 7.43. The molecule has 0 saturated heterocycles. The van der Waals surface area contributed by atoms with Gasteiger partial charge in [-0.2, -0.15) is 0 Å². The molecule has 0 bridgehead atoms. The normalized spacial score (nSPS) is 10.9. The average molecular weight is 457 g/mol. The van der Waals surface area contributed by atoms with E-state index in [2.05, 4.69) is 15.4 Å². The summed E-state index contributed by atoms with van der Waals surface area (Å²) in [5.74, 6) is 0.545. The first-order valence-electron chi connectivity index (χ1n) is 10.6. The highest BCUT2D eigenvalue weighted by molar-refractivity contribution is 6.05. The van der Waals surface area contributed by atoms with Crippen LogP contribution in [0.1, 0.15) is 21.6 Å². The van der Waals surface area contributed by atoms with Crippen LogP contribution in [0.15, 0.2) is 82.6 Å². The van der Waals surface area contributed by atoms with Crippen LogP contribution in [-0.2, 0) is 0 Å². The molecule has 1 amide bonds. The van der Waals surface area contributed by atoms with Gasteiger partial charge in [0, 0.05) is 29.6 Å². The molecule has 2 N–H and O–H groups in total. The molecule has 0 spiro atoms. The number of nitrogens with one attached hydrogen (secondary N) is 2. The number of aromatic amines is 1. The van der Waals surface area contributed by atoms with Crippen LogP contribution in [0.4, 0.5) is 11.4 Å². The van der Waals surface area contributed by atoms with Crippen LogP contribution in [0.5, 0.6) is 11.5 Å². The Bertz CT molecular complexity index is 1390. The number of aryl methyl sites for hydroxylation is 1. The standard InChI is InChI=1S/C26H24N4O4/c1-17-20(26(32)30(29-17)19-12-8-5-9-13-19)16-27-21-14-24(34-3)22(15-23(21)33-2)28-25(31)18-10-6-4-7-11-18/h4-16,29H,1-3H3,(H,28,31). The van der Waals surface area contributed by atoms with Gasteiger partial charge < -0.3 is 14.8 Å². The molecule has 4 aromatic rings. The van der Waals surface area contributed by atoms with E-state index < -0.39 is 0 Å². The molecule has 8 heteroatoms. The number of aromatic nitrogens is 2. The van der Waals surface area contributed by atoms with Crippen LogP contribution in [-0.4, -0.2) is 36.1 Å². The van der Waals surface area contributed by atoms with E-state index in [4.69, 9.17) is 9.47 Å². The topological polar surface area (TPSA) is 97.7 Å². The zero-order valence-corrected chi connectivity index (χ0v) is 19.0. The molecule has 0 aliphatic rings. The first-order valence-corrected chi connectivity index (χ1v) is 10.6. The van der Waals surface area contributed by atoms with Crippen molar-refractivity contribution in [3.8, 4) is 17.2 Å². The Morgan fingerprint density at radius 3 is 2.26 bits per heavy atom. The molecule has 8 nitrogen and oxygen atoms in total. The molecule has 0 aliphatic heterocycles. The molecule has 0 unspecified atom stereocenters. The summed E-state index contributed by atoms with van der Waals surface area (Å²) in [5, 5.41) is 5.91. The second kappa shape index (κ2) is 9.91. The summed E-state index contributed by atoms with van der Waals surface area (Å²) >= 11 is 0.